The van der Waals surface area contributed by atoms with E-state index in [-0.39, 0.29) is 18.2 Å². The average molecular weight is 493 g/mol. The number of nitrogens with one attached hydrogen (secondary N) is 2. The first-order valence-corrected chi connectivity index (χ1v) is 11.7. The molecule has 2 aromatic rings. The summed E-state index contributed by atoms with van der Waals surface area (Å²) in [6, 6.07) is 9.73. The van der Waals surface area contributed by atoms with Crippen molar-refractivity contribution in [3.8, 4) is 0 Å². The molecule has 33 heavy (non-hydrogen) atoms. The number of pyridine rings is 1. The van der Waals surface area contributed by atoms with Crippen molar-refractivity contribution in [2.75, 3.05) is 25.5 Å². The molecule has 2 heterocycles. The van der Waals surface area contributed by atoms with E-state index < -0.39 is 0 Å². The van der Waals surface area contributed by atoms with Crippen molar-refractivity contribution < 1.29 is 14.4 Å². The van der Waals surface area contributed by atoms with Gasteiger partial charge in [-0.2, -0.15) is 0 Å². The number of hydrogen-bond acceptors (Lipinski definition) is 6. The number of halogens is 2. The second-order valence-electron chi connectivity index (χ2n) is 8.18. The minimum atomic E-state index is -0.384. The fraction of sp³-hybridized carbons (Fsp3) is 0.417. The van der Waals surface area contributed by atoms with Gasteiger partial charge < -0.3 is 15.0 Å². The van der Waals surface area contributed by atoms with Crippen LogP contribution in [0, 0.1) is 0 Å². The van der Waals surface area contributed by atoms with Crippen molar-refractivity contribution in [2.24, 2.45) is 0 Å². The number of nitrogens with zero attached hydrogens (tertiary/aromatic N) is 2. The van der Waals surface area contributed by atoms with Crippen molar-refractivity contribution in [3.63, 3.8) is 0 Å². The van der Waals surface area contributed by atoms with Gasteiger partial charge in [-0.05, 0) is 62.2 Å². The molecule has 0 radical (unpaired) electrons. The van der Waals surface area contributed by atoms with Crippen LogP contribution in [0.25, 0.3) is 6.08 Å². The van der Waals surface area contributed by atoms with Crippen LogP contribution in [0.15, 0.2) is 42.6 Å². The Morgan fingerprint density at radius 1 is 1.33 bits per heavy atom. The number of benzene rings is 1. The van der Waals surface area contributed by atoms with Gasteiger partial charge in [-0.3, -0.25) is 4.79 Å². The average Bonchev–Trinajstić information content (AvgIpc) is 2.80. The summed E-state index contributed by atoms with van der Waals surface area (Å²) >= 11 is 12.4. The lowest BCUT2D eigenvalue weighted by atomic mass is 10.2. The summed E-state index contributed by atoms with van der Waals surface area (Å²) in [5, 5.41) is 4.56. The first kappa shape index (κ1) is 25.5. The van der Waals surface area contributed by atoms with Crippen molar-refractivity contribution in [3.05, 3.63) is 63.8 Å². The number of hydroxylamine groups is 1. The van der Waals surface area contributed by atoms with E-state index in [1.165, 1.54) is 11.6 Å². The molecule has 1 fully saturated rings. The summed E-state index contributed by atoms with van der Waals surface area (Å²) in [4.78, 5) is 23.8. The number of aromatic nitrogens is 1. The summed E-state index contributed by atoms with van der Waals surface area (Å²) in [6.07, 6.45) is 7.10. The van der Waals surface area contributed by atoms with E-state index in [4.69, 9.17) is 32.8 Å². The molecule has 1 aliphatic rings. The molecule has 2 N–H and O–H groups in total. The minimum absolute atomic E-state index is 0.124. The first-order chi connectivity index (χ1) is 15.9. The molecule has 7 nitrogen and oxygen atoms in total. The summed E-state index contributed by atoms with van der Waals surface area (Å²) in [6.45, 7) is 4.34. The van der Waals surface area contributed by atoms with Gasteiger partial charge in [0.05, 0.1) is 5.02 Å². The molecule has 3 rings (SSSR count). The largest absolute Gasteiger partial charge is 0.365 e. The number of carbonyl (C=O) groups is 1. The molecule has 1 saturated heterocycles. The Balaban J connectivity index is 1.45. The number of likely N-dealkylation sites (N-methyl/N-ethyl adjacent to an activating group) is 1. The predicted molar refractivity (Wildman–Crippen MR) is 132 cm³/mol. The van der Waals surface area contributed by atoms with E-state index in [1.807, 2.05) is 24.3 Å². The van der Waals surface area contributed by atoms with Gasteiger partial charge in [0, 0.05) is 49.5 Å². The second-order valence-corrected chi connectivity index (χ2v) is 9.02. The van der Waals surface area contributed by atoms with Crippen LogP contribution >= 0.6 is 23.2 Å². The van der Waals surface area contributed by atoms with Crippen LogP contribution in [0.2, 0.25) is 10.0 Å². The molecule has 0 bridgehead atoms. The number of hydrogen-bond donors (Lipinski definition) is 2. The molecule has 0 aliphatic carbocycles. The van der Waals surface area contributed by atoms with E-state index in [2.05, 4.69) is 34.7 Å². The molecular weight excluding hydrogens is 463 g/mol. The molecule has 1 amide bonds. The van der Waals surface area contributed by atoms with Gasteiger partial charge in [0.2, 0.25) is 0 Å². The quantitative estimate of drug-likeness (QED) is 0.362. The number of carbonyl (C=O) groups excluding carboxylic acids is 1. The van der Waals surface area contributed by atoms with Crippen LogP contribution < -0.4 is 10.8 Å². The minimum Gasteiger partial charge on any atom is -0.365 e. The van der Waals surface area contributed by atoms with Crippen molar-refractivity contribution in [1.82, 2.24) is 15.4 Å². The molecule has 0 saturated carbocycles. The normalized spacial score (nSPS) is 17.3. The lowest BCUT2D eigenvalue weighted by Crippen LogP contribution is -2.32. The maximum atomic E-state index is 12.0. The molecule has 1 aliphatic heterocycles. The van der Waals surface area contributed by atoms with E-state index in [9.17, 15) is 4.79 Å². The zero-order chi connectivity index (χ0) is 23.6. The van der Waals surface area contributed by atoms with E-state index in [1.54, 1.807) is 18.3 Å². The molecule has 2 atom stereocenters. The summed E-state index contributed by atoms with van der Waals surface area (Å²) < 4.78 is 5.41. The topological polar surface area (TPSA) is 75.7 Å². The number of ether oxygens (including phenoxy) is 1. The Bertz CT molecular complexity index is 934. The van der Waals surface area contributed by atoms with Crippen molar-refractivity contribution in [2.45, 2.75) is 45.1 Å². The second kappa shape index (κ2) is 12.9. The van der Waals surface area contributed by atoms with Gasteiger partial charge in [-0.15, -0.1) is 0 Å². The van der Waals surface area contributed by atoms with Crippen LogP contribution in [-0.2, 0) is 20.9 Å². The van der Waals surface area contributed by atoms with Gasteiger partial charge in [0.25, 0.3) is 5.91 Å². The van der Waals surface area contributed by atoms with E-state index in [0.717, 1.165) is 37.4 Å². The van der Waals surface area contributed by atoms with Gasteiger partial charge in [0.15, 0.2) is 6.29 Å². The number of anilines is 1. The number of rotatable bonds is 10. The van der Waals surface area contributed by atoms with Crippen molar-refractivity contribution in [1.29, 1.82) is 0 Å². The Morgan fingerprint density at radius 2 is 2.12 bits per heavy atom. The maximum absolute atomic E-state index is 12.0. The molecule has 1 aromatic carbocycles. The smallest absolute Gasteiger partial charge is 0.267 e. The first-order valence-electron chi connectivity index (χ1n) is 11.0. The Morgan fingerprint density at radius 3 is 2.82 bits per heavy atom. The number of amides is 1. The Hall–Kier alpha value is -2.16. The highest BCUT2D eigenvalue weighted by Crippen LogP contribution is 2.22. The van der Waals surface area contributed by atoms with E-state index in [0.29, 0.717) is 23.0 Å². The summed E-state index contributed by atoms with van der Waals surface area (Å²) in [7, 11) is 2.06. The van der Waals surface area contributed by atoms with Gasteiger partial charge in [-0.1, -0.05) is 35.3 Å². The fourth-order valence-electron chi connectivity index (χ4n) is 3.50. The third kappa shape index (κ3) is 8.95. The molecule has 1 aromatic heterocycles. The molecular formula is C24H30Cl2N4O3. The van der Waals surface area contributed by atoms with Crippen LogP contribution in [0.4, 0.5) is 5.82 Å². The monoisotopic (exact) mass is 492 g/mol. The van der Waals surface area contributed by atoms with Gasteiger partial charge >= 0.3 is 0 Å². The van der Waals surface area contributed by atoms with Crippen molar-refractivity contribution >= 4 is 41.0 Å². The maximum Gasteiger partial charge on any atom is 0.267 e. The van der Waals surface area contributed by atoms with Crippen LogP contribution in [-0.4, -0.2) is 48.3 Å². The van der Waals surface area contributed by atoms with Gasteiger partial charge in [-0.25, -0.2) is 15.3 Å². The lowest BCUT2D eigenvalue weighted by Gasteiger charge is -2.23. The molecule has 178 valence electrons. The highest BCUT2D eigenvalue weighted by atomic mass is 35.5. The molecule has 1 unspecified atom stereocenters. The van der Waals surface area contributed by atoms with Crippen LogP contribution in [0.3, 0.4) is 0 Å². The zero-order valence-electron chi connectivity index (χ0n) is 18.9. The predicted octanol–water partition coefficient (Wildman–Crippen LogP) is 4.91. The van der Waals surface area contributed by atoms with Crippen LogP contribution in [0.5, 0.6) is 0 Å². The summed E-state index contributed by atoms with van der Waals surface area (Å²) in [5.41, 5.74) is 4.29. The zero-order valence-corrected chi connectivity index (χ0v) is 20.4. The Labute approximate surface area is 205 Å². The van der Waals surface area contributed by atoms with E-state index >= 15 is 0 Å². The summed E-state index contributed by atoms with van der Waals surface area (Å²) in [5.74, 6) is 0.225. The Kier molecular flexibility index (Phi) is 9.96. The molecule has 0 spiro atoms. The fourth-order valence-corrected chi connectivity index (χ4v) is 3.85. The molecule has 9 heteroatoms. The third-order valence-corrected chi connectivity index (χ3v) is 5.59. The highest BCUT2D eigenvalue weighted by Gasteiger charge is 2.15. The third-order valence-electron chi connectivity index (χ3n) is 5.05. The standard InChI is InChI=1S/C24H30Cl2N4O3/c1-17(15-30(2)16-18-6-9-20(25)10-7-18)28-24-21(26)13-19(14-27-24)8-11-22(31)29-33-23-5-3-4-12-32-23/h6-11,13-14,17,23H,3-5,12,15-16H2,1-2H3,(H,27,28)(H,29,31)/t17-,23?/m1/s1. The SMILES string of the molecule is C[C@H](CN(C)Cc1ccc(Cl)cc1)Nc1ncc(C=CC(=O)NOC2CCCCO2)cc1Cl. The highest BCUT2D eigenvalue weighted by molar-refractivity contribution is 6.33. The van der Waals surface area contributed by atoms with Gasteiger partial charge in [0.1, 0.15) is 5.82 Å². The lowest BCUT2D eigenvalue weighted by molar-refractivity contribution is -0.198. The van der Waals surface area contributed by atoms with Crippen LogP contribution in [0.1, 0.15) is 37.3 Å².